The normalized spacial score (nSPS) is 10.1. The summed E-state index contributed by atoms with van der Waals surface area (Å²) in [6.07, 6.45) is 0. The van der Waals surface area contributed by atoms with Gasteiger partial charge in [0.15, 0.2) is 0 Å². The molecule has 0 unspecified atom stereocenters. The highest BCUT2D eigenvalue weighted by Gasteiger charge is 2.12. The first-order valence-corrected chi connectivity index (χ1v) is 5.84. The molecule has 0 spiro atoms. The number of nitrogens with one attached hydrogen (secondary N) is 1. The van der Waals surface area contributed by atoms with Crippen molar-refractivity contribution in [3.05, 3.63) is 30.3 Å². The fraction of sp³-hybridized carbons (Fsp3) is 0.231. The zero-order chi connectivity index (χ0) is 13.8. The molecule has 1 aromatic carbocycles. The number of para-hydroxylation sites is 2. The molecular weight excluding hydrogens is 242 g/mol. The number of ether oxygens (including phenoxy) is 1. The van der Waals surface area contributed by atoms with E-state index in [1.54, 1.807) is 14.2 Å². The number of methoxy groups -OCH3 is 1. The van der Waals surface area contributed by atoms with E-state index in [1.165, 1.54) is 0 Å². The maximum absolute atomic E-state index is 5.70. The molecule has 0 amide bonds. The molecule has 0 saturated carbocycles. The van der Waals surface area contributed by atoms with Gasteiger partial charge in [0.1, 0.15) is 17.4 Å². The molecule has 0 saturated heterocycles. The van der Waals surface area contributed by atoms with Crippen molar-refractivity contribution in [3.8, 4) is 5.75 Å². The van der Waals surface area contributed by atoms with Crippen molar-refractivity contribution in [1.29, 1.82) is 0 Å². The number of nitrogen functional groups attached to an aromatic ring is 1. The van der Waals surface area contributed by atoms with Crippen LogP contribution in [-0.2, 0) is 0 Å². The minimum Gasteiger partial charge on any atom is -0.495 e. The van der Waals surface area contributed by atoms with Gasteiger partial charge in [-0.1, -0.05) is 12.1 Å². The van der Waals surface area contributed by atoms with Gasteiger partial charge in [-0.05, 0) is 12.1 Å². The Morgan fingerprint density at radius 2 is 2.00 bits per heavy atom. The molecule has 2 rings (SSSR count). The highest BCUT2D eigenvalue weighted by molar-refractivity contribution is 5.68. The van der Waals surface area contributed by atoms with E-state index in [0.29, 0.717) is 11.6 Å². The Hall–Kier alpha value is -2.50. The zero-order valence-electron chi connectivity index (χ0n) is 11.2. The number of hydrogen-bond donors (Lipinski definition) is 2. The summed E-state index contributed by atoms with van der Waals surface area (Å²) >= 11 is 0. The molecule has 100 valence electrons. The first kappa shape index (κ1) is 12.9. The fourth-order valence-corrected chi connectivity index (χ4v) is 1.78. The summed E-state index contributed by atoms with van der Waals surface area (Å²) in [5.41, 5.74) is 6.61. The van der Waals surface area contributed by atoms with Crippen molar-refractivity contribution in [1.82, 2.24) is 9.97 Å². The van der Waals surface area contributed by atoms with Crippen LogP contribution in [0.15, 0.2) is 30.3 Å². The van der Waals surface area contributed by atoms with E-state index in [1.807, 2.05) is 42.3 Å². The number of rotatable bonds is 4. The third-order valence-corrected chi connectivity index (χ3v) is 2.78. The predicted octanol–water partition coefficient (Wildman–Crippen LogP) is 1.88. The van der Waals surface area contributed by atoms with Crippen LogP contribution in [0.25, 0.3) is 0 Å². The quantitative estimate of drug-likeness (QED) is 0.873. The summed E-state index contributed by atoms with van der Waals surface area (Å²) in [5, 5.41) is 2.95. The van der Waals surface area contributed by atoms with Crippen molar-refractivity contribution >= 4 is 23.3 Å². The molecule has 0 aliphatic heterocycles. The monoisotopic (exact) mass is 259 g/mol. The number of hydrogen-bond acceptors (Lipinski definition) is 6. The molecule has 0 fully saturated rings. The predicted molar refractivity (Wildman–Crippen MR) is 77.0 cm³/mol. The van der Waals surface area contributed by atoms with Crippen LogP contribution >= 0.6 is 0 Å². The maximum Gasteiger partial charge on any atom is 0.223 e. The van der Waals surface area contributed by atoms with E-state index >= 15 is 0 Å². The molecule has 0 aliphatic rings. The van der Waals surface area contributed by atoms with E-state index < -0.39 is 0 Å². The summed E-state index contributed by atoms with van der Waals surface area (Å²) in [6, 6.07) is 9.54. The molecule has 1 heterocycles. The number of aromatic nitrogens is 2. The Morgan fingerprint density at radius 1 is 1.26 bits per heavy atom. The molecule has 3 N–H and O–H groups in total. The highest BCUT2D eigenvalue weighted by atomic mass is 16.5. The molecule has 0 bridgehead atoms. The van der Waals surface area contributed by atoms with E-state index in [-0.39, 0.29) is 5.95 Å². The fourth-order valence-electron chi connectivity index (χ4n) is 1.78. The van der Waals surface area contributed by atoms with Crippen molar-refractivity contribution in [2.24, 2.45) is 0 Å². The highest BCUT2D eigenvalue weighted by Crippen LogP contribution is 2.31. The third-order valence-electron chi connectivity index (χ3n) is 2.78. The minimum absolute atomic E-state index is 0.226. The molecule has 0 atom stereocenters. The lowest BCUT2D eigenvalue weighted by atomic mass is 10.2. The molecule has 19 heavy (non-hydrogen) atoms. The average Bonchev–Trinajstić information content (AvgIpc) is 2.45. The second-order valence-electron chi connectivity index (χ2n) is 3.95. The van der Waals surface area contributed by atoms with Gasteiger partial charge in [-0.15, -0.1) is 0 Å². The number of anilines is 4. The third kappa shape index (κ3) is 2.67. The Bertz CT molecular complexity index is 573. The number of benzene rings is 1. The van der Waals surface area contributed by atoms with Crippen LogP contribution in [-0.4, -0.2) is 31.2 Å². The van der Waals surface area contributed by atoms with Gasteiger partial charge < -0.3 is 20.7 Å². The summed E-state index contributed by atoms with van der Waals surface area (Å²) in [5.74, 6) is 2.36. The van der Waals surface area contributed by atoms with Gasteiger partial charge in [-0.3, -0.25) is 0 Å². The molecule has 0 radical (unpaired) electrons. The second kappa shape index (κ2) is 5.43. The van der Waals surface area contributed by atoms with Gasteiger partial charge in [0.05, 0.1) is 12.8 Å². The summed E-state index contributed by atoms with van der Waals surface area (Å²) < 4.78 is 5.34. The summed E-state index contributed by atoms with van der Waals surface area (Å²) in [4.78, 5) is 10.2. The lowest BCUT2D eigenvalue weighted by molar-refractivity contribution is 0.415. The molecule has 6 heteroatoms. The zero-order valence-corrected chi connectivity index (χ0v) is 11.2. The van der Waals surface area contributed by atoms with Crippen LogP contribution in [0.2, 0.25) is 0 Å². The van der Waals surface area contributed by atoms with E-state index in [4.69, 9.17) is 10.5 Å². The molecule has 2 aromatic rings. The molecule has 6 nitrogen and oxygen atoms in total. The second-order valence-corrected chi connectivity index (χ2v) is 3.95. The van der Waals surface area contributed by atoms with E-state index in [0.717, 1.165) is 11.4 Å². The van der Waals surface area contributed by atoms with Gasteiger partial charge in [0.25, 0.3) is 0 Å². The largest absolute Gasteiger partial charge is 0.495 e. The van der Waals surface area contributed by atoms with Gasteiger partial charge in [-0.25, -0.2) is 0 Å². The van der Waals surface area contributed by atoms with Crippen molar-refractivity contribution in [2.45, 2.75) is 0 Å². The van der Waals surface area contributed by atoms with Crippen molar-refractivity contribution in [3.63, 3.8) is 0 Å². The topological polar surface area (TPSA) is 76.3 Å². The molecule has 1 aromatic heterocycles. The first-order chi connectivity index (χ1) is 9.15. The number of nitrogens with two attached hydrogens (primary N) is 1. The lowest BCUT2D eigenvalue weighted by Crippen LogP contribution is -2.14. The van der Waals surface area contributed by atoms with Gasteiger partial charge >= 0.3 is 0 Å². The Kier molecular flexibility index (Phi) is 3.70. The van der Waals surface area contributed by atoms with Crippen LogP contribution in [0.1, 0.15) is 0 Å². The van der Waals surface area contributed by atoms with Gasteiger partial charge in [0, 0.05) is 20.2 Å². The Labute approximate surface area is 112 Å². The average molecular weight is 259 g/mol. The van der Waals surface area contributed by atoms with Crippen LogP contribution in [0, 0.1) is 0 Å². The van der Waals surface area contributed by atoms with Crippen LogP contribution in [0.3, 0.4) is 0 Å². The smallest absolute Gasteiger partial charge is 0.223 e. The summed E-state index contributed by atoms with van der Waals surface area (Å²) in [6.45, 7) is 0. The van der Waals surface area contributed by atoms with E-state index in [2.05, 4.69) is 15.3 Å². The SMILES string of the molecule is CNc1cc(N(C)c2ccccc2OC)nc(N)n1. The van der Waals surface area contributed by atoms with Crippen molar-refractivity contribution < 1.29 is 4.74 Å². The minimum atomic E-state index is 0.226. The number of nitrogens with zero attached hydrogens (tertiary/aromatic N) is 3. The van der Waals surface area contributed by atoms with Crippen LogP contribution in [0.5, 0.6) is 5.75 Å². The Morgan fingerprint density at radius 3 is 2.68 bits per heavy atom. The standard InChI is InChI=1S/C13H17N5O/c1-15-11-8-12(17-13(14)16-11)18(2)9-6-4-5-7-10(9)19-3/h4-8H,1-3H3,(H3,14,15,16,17). The van der Waals surface area contributed by atoms with Gasteiger partial charge in [-0.2, -0.15) is 9.97 Å². The van der Waals surface area contributed by atoms with Crippen molar-refractivity contribution in [2.75, 3.05) is 37.2 Å². The van der Waals surface area contributed by atoms with E-state index in [9.17, 15) is 0 Å². The first-order valence-electron chi connectivity index (χ1n) is 5.84. The van der Waals surface area contributed by atoms with Gasteiger partial charge in [0.2, 0.25) is 5.95 Å². The maximum atomic E-state index is 5.70. The lowest BCUT2D eigenvalue weighted by Gasteiger charge is -2.21. The molecule has 0 aliphatic carbocycles. The Balaban J connectivity index is 2.43. The summed E-state index contributed by atoms with van der Waals surface area (Å²) in [7, 11) is 5.33. The van der Waals surface area contributed by atoms with Crippen LogP contribution in [0.4, 0.5) is 23.3 Å². The molecular formula is C13H17N5O. The van der Waals surface area contributed by atoms with Crippen LogP contribution < -0.4 is 20.7 Å².